The Balaban J connectivity index is 0.000000250. The number of hydrogen-bond acceptors (Lipinski definition) is 22. The van der Waals surface area contributed by atoms with Crippen molar-refractivity contribution >= 4 is 0 Å². The lowest BCUT2D eigenvalue weighted by Gasteiger charge is -2.45. The summed E-state index contributed by atoms with van der Waals surface area (Å²) in [5.41, 5.74) is 0. The van der Waals surface area contributed by atoms with Crippen molar-refractivity contribution in [1.82, 2.24) is 0 Å². The molecule has 0 spiro atoms. The highest BCUT2D eigenvalue weighted by molar-refractivity contribution is 4.95. The molecular formula is C24H44O22. The molecule has 0 aromatic rings. The van der Waals surface area contributed by atoms with Gasteiger partial charge >= 0.3 is 0 Å². The van der Waals surface area contributed by atoms with Gasteiger partial charge in [-0.15, -0.1) is 0 Å². The zero-order valence-electron chi connectivity index (χ0n) is 24.0. The Morgan fingerprint density at radius 2 is 0.674 bits per heavy atom. The van der Waals surface area contributed by atoms with Gasteiger partial charge in [0.2, 0.25) is 0 Å². The summed E-state index contributed by atoms with van der Waals surface area (Å²) in [4.78, 5) is 0. The number of hydrogen-bond donors (Lipinski definition) is 16. The summed E-state index contributed by atoms with van der Waals surface area (Å²) >= 11 is 0. The molecule has 46 heavy (non-hydrogen) atoms. The van der Waals surface area contributed by atoms with E-state index in [0.717, 1.165) is 0 Å². The lowest BCUT2D eigenvalue weighted by atomic mass is 9.97. The van der Waals surface area contributed by atoms with Crippen LogP contribution < -0.4 is 0 Å². The summed E-state index contributed by atoms with van der Waals surface area (Å²) in [6.07, 6.45) is -31.2. The predicted octanol–water partition coefficient (Wildman–Crippen LogP) is -10.8. The zero-order valence-corrected chi connectivity index (χ0v) is 24.0. The minimum absolute atomic E-state index is 0.651. The molecule has 16 N–H and O–H groups in total. The molecule has 0 bridgehead atoms. The standard InChI is InChI=1S/2C12H22O11/c13-1-3-6(16)8(18)10(11(20)21-3)23-12-9(19)7(17)5(15)4(2-14)22-12;13-1-3-5(15)6(16)9(19)12(22-3)23-10-4(2-14)21-11(20)8(18)7(10)17/h2*3-20H,1-2H2/t3-,4-,5-,6-,7+,8+,9-,10-,11+,12+;3-,4-,5-,6+,7-,8-,9-,10-,11-,12+/m11/s1. The molecule has 4 aliphatic heterocycles. The second-order valence-corrected chi connectivity index (χ2v) is 11.1. The van der Waals surface area contributed by atoms with Crippen LogP contribution in [0.5, 0.6) is 0 Å². The van der Waals surface area contributed by atoms with Crippen LogP contribution in [0.15, 0.2) is 0 Å². The first kappa shape index (κ1) is 39.6. The third kappa shape index (κ3) is 8.45. The third-order valence-electron chi connectivity index (χ3n) is 7.96. The van der Waals surface area contributed by atoms with E-state index in [1.807, 2.05) is 0 Å². The van der Waals surface area contributed by atoms with Crippen LogP contribution in [-0.2, 0) is 28.4 Å². The third-order valence-corrected chi connectivity index (χ3v) is 7.96. The Hall–Kier alpha value is -0.880. The lowest BCUT2D eigenvalue weighted by molar-refractivity contribution is -0.361. The van der Waals surface area contributed by atoms with Gasteiger partial charge in [-0.1, -0.05) is 0 Å². The molecule has 0 unspecified atom stereocenters. The van der Waals surface area contributed by atoms with Crippen molar-refractivity contribution in [3.05, 3.63) is 0 Å². The molecule has 4 saturated heterocycles. The molecule has 22 heteroatoms. The van der Waals surface area contributed by atoms with Crippen molar-refractivity contribution in [3.63, 3.8) is 0 Å². The molecule has 0 saturated carbocycles. The monoisotopic (exact) mass is 684 g/mol. The Morgan fingerprint density at radius 3 is 1.11 bits per heavy atom. The van der Waals surface area contributed by atoms with Gasteiger partial charge in [0.25, 0.3) is 0 Å². The fourth-order valence-corrected chi connectivity index (χ4v) is 5.12. The highest BCUT2D eigenvalue weighted by atomic mass is 16.7. The van der Waals surface area contributed by atoms with Crippen LogP contribution in [0.1, 0.15) is 0 Å². The average molecular weight is 685 g/mol. The van der Waals surface area contributed by atoms with Crippen LogP contribution in [0, 0.1) is 0 Å². The molecule has 20 atom stereocenters. The van der Waals surface area contributed by atoms with Gasteiger partial charge in [-0.25, -0.2) is 0 Å². The Morgan fingerprint density at radius 1 is 0.326 bits per heavy atom. The number of aliphatic hydroxyl groups is 16. The largest absolute Gasteiger partial charge is 0.394 e. The second-order valence-electron chi connectivity index (χ2n) is 11.1. The van der Waals surface area contributed by atoms with Gasteiger partial charge in [0.15, 0.2) is 25.2 Å². The minimum atomic E-state index is -1.75. The summed E-state index contributed by atoms with van der Waals surface area (Å²) in [7, 11) is 0. The normalized spacial score (nSPS) is 51.7. The maximum absolute atomic E-state index is 9.94. The molecule has 4 rings (SSSR count). The van der Waals surface area contributed by atoms with Crippen molar-refractivity contribution in [2.45, 2.75) is 123 Å². The maximum atomic E-state index is 9.94. The van der Waals surface area contributed by atoms with E-state index in [-0.39, 0.29) is 0 Å². The van der Waals surface area contributed by atoms with Crippen LogP contribution in [0.25, 0.3) is 0 Å². The predicted molar refractivity (Wildman–Crippen MR) is 137 cm³/mol. The number of aliphatic hydroxyl groups excluding tert-OH is 16. The van der Waals surface area contributed by atoms with E-state index in [1.165, 1.54) is 0 Å². The summed E-state index contributed by atoms with van der Waals surface area (Å²) in [5.74, 6) is 0. The molecule has 4 heterocycles. The van der Waals surface area contributed by atoms with Gasteiger partial charge in [-0.2, -0.15) is 0 Å². The van der Waals surface area contributed by atoms with Gasteiger partial charge < -0.3 is 110 Å². The second kappa shape index (κ2) is 17.2. The topological polar surface area (TPSA) is 379 Å². The molecule has 0 aliphatic carbocycles. The SMILES string of the molecule is OC[C@H]1O[C@@H](O[C@@H]2[C@@H](O)[C@H](O)[C@@H](CO)O[C@@H]2O)[C@H](O)[C@@H](O)[C@@H]1O.OC[C@H]1O[C@@H](O[C@H]2[C@H](O)[C@@H](O)[C@H](O)O[C@@H]2CO)[C@H](O)[C@@H](O)[C@@H]1O. The van der Waals surface area contributed by atoms with E-state index in [2.05, 4.69) is 0 Å². The van der Waals surface area contributed by atoms with Gasteiger partial charge in [-0.05, 0) is 0 Å². The van der Waals surface area contributed by atoms with E-state index >= 15 is 0 Å². The van der Waals surface area contributed by atoms with Gasteiger partial charge in [0.05, 0.1) is 26.4 Å². The van der Waals surface area contributed by atoms with Crippen molar-refractivity contribution in [2.75, 3.05) is 26.4 Å². The van der Waals surface area contributed by atoms with Crippen molar-refractivity contribution in [1.29, 1.82) is 0 Å². The zero-order chi connectivity index (χ0) is 34.6. The van der Waals surface area contributed by atoms with Gasteiger partial charge in [-0.3, -0.25) is 0 Å². The highest BCUT2D eigenvalue weighted by Gasteiger charge is 2.51. The Kier molecular flexibility index (Phi) is 14.8. The number of rotatable bonds is 8. The number of ether oxygens (including phenoxy) is 6. The van der Waals surface area contributed by atoms with Crippen LogP contribution in [0.4, 0.5) is 0 Å². The van der Waals surface area contributed by atoms with Gasteiger partial charge in [0, 0.05) is 0 Å². The first-order valence-electron chi connectivity index (χ1n) is 14.2. The molecule has 4 fully saturated rings. The van der Waals surface area contributed by atoms with Crippen molar-refractivity contribution in [3.8, 4) is 0 Å². The van der Waals surface area contributed by atoms with E-state index in [9.17, 15) is 66.4 Å². The molecular weight excluding hydrogens is 640 g/mol. The molecule has 22 nitrogen and oxygen atoms in total. The van der Waals surface area contributed by atoms with Crippen LogP contribution in [-0.4, -0.2) is 231 Å². The smallest absolute Gasteiger partial charge is 0.187 e. The Labute approximate surface area is 260 Å². The fourth-order valence-electron chi connectivity index (χ4n) is 5.12. The lowest BCUT2D eigenvalue weighted by Crippen LogP contribution is -2.64. The minimum Gasteiger partial charge on any atom is -0.394 e. The fraction of sp³-hybridized carbons (Fsp3) is 1.00. The molecule has 0 radical (unpaired) electrons. The average Bonchev–Trinajstić information content (AvgIpc) is 3.04. The van der Waals surface area contributed by atoms with E-state index in [0.29, 0.717) is 0 Å². The summed E-state index contributed by atoms with van der Waals surface area (Å²) in [6, 6.07) is 0. The van der Waals surface area contributed by atoms with Crippen molar-refractivity contribution in [2.24, 2.45) is 0 Å². The van der Waals surface area contributed by atoms with Crippen LogP contribution >= 0.6 is 0 Å². The summed E-state index contributed by atoms with van der Waals surface area (Å²) < 4.78 is 30.4. The molecule has 0 aromatic heterocycles. The molecule has 272 valence electrons. The molecule has 0 amide bonds. The molecule has 4 aliphatic rings. The van der Waals surface area contributed by atoms with E-state index in [4.69, 9.17) is 43.7 Å². The van der Waals surface area contributed by atoms with Crippen LogP contribution in [0.2, 0.25) is 0 Å². The molecule has 0 aromatic carbocycles. The first-order chi connectivity index (χ1) is 21.6. The van der Waals surface area contributed by atoms with Crippen molar-refractivity contribution < 1.29 is 110 Å². The van der Waals surface area contributed by atoms with Crippen LogP contribution in [0.3, 0.4) is 0 Å². The highest BCUT2D eigenvalue weighted by Crippen LogP contribution is 2.30. The quantitative estimate of drug-likeness (QED) is 0.113. The summed E-state index contributed by atoms with van der Waals surface area (Å²) in [5, 5.41) is 153. The Bertz CT molecular complexity index is 898. The van der Waals surface area contributed by atoms with E-state index < -0.39 is 149 Å². The summed E-state index contributed by atoms with van der Waals surface area (Å²) in [6.45, 7) is -2.67. The first-order valence-corrected chi connectivity index (χ1v) is 14.2. The van der Waals surface area contributed by atoms with E-state index in [1.54, 1.807) is 0 Å². The van der Waals surface area contributed by atoms with Gasteiger partial charge in [0.1, 0.15) is 97.7 Å². The maximum Gasteiger partial charge on any atom is 0.187 e.